The zero-order valence-corrected chi connectivity index (χ0v) is 16.8. The predicted molar refractivity (Wildman–Crippen MR) is 108 cm³/mol. The second kappa shape index (κ2) is 8.56. The Bertz CT molecular complexity index is 1010. The molecular formula is C19H25N5O2S. The smallest absolute Gasteiger partial charge is 0.262 e. The maximum atomic E-state index is 12.9. The van der Waals surface area contributed by atoms with Crippen LogP contribution in [0, 0.1) is 0 Å². The topological polar surface area (TPSA) is 72.5 Å². The highest BCUT2D eigenvalue weighted by Crippen LogP contribution is 2.22. The molecule has 0 aliphatic rings. The van der Waals surface area contributed by atoms with Crippen molar-refractivity contribution in [2.45, 2.75) is 45.3 Å². The van der Waals surface area contributed by atoms with E-state index in [9.17, 15) is 9.59 Å². The summed E-state index contributed by atoms with van der Waals surface area (Å²) < 4.78 is 3.58. The number of hydrogen-bond donors (Lipinski definition) is 0. The van der Waals surface area contributed by atoms with Crippen molar-refractivity contribution in [2.75, 3.05) is 18.8 Å². The molecule has 0 aliphatic carbocycles. The monoisotopic (exact) mass is 387 g/mol. The Labute approximate surface area is 162 Å². The molecule has 3 aromatic rings. The lowest BCUT2D eigenvalue weighted by Crippen LogP contribution is -2.31. The molecule has 1 amide bonds. The molecule has 27 heavy (non-hydrogen) atoms. The first-order chi connectivity index (χ1) is 13.1. The Balaban J connectivity index is 2.06. The Hall–Kier alpha value is -2.35. The summed E-state index contributed by atoms with van der Waals surface area (Å²) in [6.07, 6.45) is 1.88. The number of para-hydroxylation sites is 1. The van der Waals surface area contributed by atoms with Gasteiger partial charge in [0.15, 0.2) is 5.16 Å². The minimum absolute atomic E-state index is 0.0466. The number of thioether (sulfide) groups is 1. The summed E-state index contributed by atoms with van der Waals surface area (Å²) in [6, 6.07) is 7.48. The summed E-state index contributed by atoms with van der Waals surface area (Å²) >= 11 is 1.36. The molecule has 2 heterocycles. The summed E-state index contributed by atoms with van der Waals surface area (Å²) in [6.45, 7) is 8.01. The molecule has 7 nitrogen and oxygen atoms in total. The van der Waals surface area contributed by atoms with Crippen molar-refractivity contribution < 1.29 is 4.79 Å². The highest BCUT2D eigenvalue weighted by molar-refractivity contribution is 7.99. The second-order valence-electron chi connectivity index (χ2n) is 6.30. The number of carbonyl (C=O) groups is 1. The number of hydrogen-bond acceptors (Lipinski definition) is 5. The van der Waals surface area contributed by atoms with Crippen molar-refractivity contribution in [2.24, 2.45) is 0 Å². The van der Waals surface area contributed by atoms with Gasteiger partial charge < -0.3 is 4.90 Å². The first kappa shape index (κ1) is 19.4. The van der Waals surface area contributed by atoms with E-state index in [4.69, 9.17) is 0 Å². The van der Waals surface area contributed by atoms with E-state index < -0.39 is 0 Å². The Morgan fingerprint density at radius 2 is 1.89 bits per heavy atom. The molecule has 0 unspecified atom stereocenters. The van der Waals surface area contributed by atoms with E-state index in [1.807, 2.05) is 42.5 Å². The molecule has 0 saturated heterocycles. The number of amides is 1. The fraction of sp³-hybridized carbons (Fsp3) is 0.474. The molecule has 0 atom stereocenters. The maximum Gasteiger partial charge on any atom is 0.262 e. The third-order valence-corrected chi connectivity index (χ3v) is 5.57. The first-order valence-corrected chi connectivity index (χ1v) is 10.4. The van der Waals surface area contributed by atoms with Gasteiger partial charge in [-0.05, 0) is 32.4 Å². The van der Waals surface area contributed by atoms with Gasteiger partial charge in [0.25, 0.3) is 5.56 Å². The van der Waals surface area contributed by atoms with Crippen molar-refractivity contribution in [1.29, 1.82) is 0 Å². The van der Waals surface area contributed by atoms with Gasteiger partial charge >= 0.3 is 0 Å². The van der Waals surface area contributed by atoms with E-state index >= 15 is 0 Å². The third-order valence-electron chi connectivity index (χ3n) is 4.65. The average Bonchev–Trinajstić information content (AvgIpc) is 3.11. The van der Waals surface area contributed by atoms with Crippen LogP contribution in [0.4, 0.5) is 0 Å². The number of benzene rings is 1. The van der Waals surface area contributed by atoms with E-state index in [0.29, 0.717) is 41.7 Å². The highest BCUT2D eigenvalue weighted by Gasteiger charge is 2.18. The van der Waals surface area contributed by atoms with Crippen LogP contribution in [0.3, 0.4) is 0 Å². The van der Waals surface area contributed by atoms with E-state index in [0.717, 1.165) is 18.4 Å². The van der Waals surface area contributed by atoms with Crippen LogP contribution in [0.2, 0.25) is 0 Å². The van der Waals surface area contributed by atoms with Gasteiger partial charge in [-0.25, -0.2) is 0 Å². The molecule has 144 valence electrons. The summed E-state index contributed by atoms with van der Waals surface area (Å²) in [5.41, 5.74) is 0.725. The van der Waals surface area contributed by atoms with Crippen molar-refractivity contribution in [3.05, 3.63) is 34.6 Å². The molecule has 0 saturated carbocycles. The van der Waals surface area contributed by atoms with Crippen LogP contribution in [-0.2, 0) is 11.3 Å². The lowest BCUT2D eigenvalue weighted by Gasteiger charge is -2.17. The van der Waals surface area contributed by atoms with Gasteiger partial charge in [-0.3, -0.25) is 18.6 Å². The maximum absolute atomic E-state index is 12.9. The van der Waals surface area contributed by atoms with Crippen LogP contribution in [0.5, 0.6) is 0 Å². The lowest BCUT2D eigenvalue weighted by atomic mass is 10.2. The lowest BCUT2D eigenvalue weighted by molar-refractivity contribution is -0.127. The number of nitrogens with zero attached hydrogens (tertiary/aromatic N) is 5. The molecule has 0 spiro atoms. The van der Waals surface area contributed by atoms with Gasteiger partial charge in [-0.2, -0.15) is 0 Å². The van der Waals surface area contributed by atoms with Crippen molar-refractivity contribution >= 4 is 34.3 Å². The number of aromatic nitrogens is 4. The van der Waals surface area contributed by atoms with Gasteiger partial charge in [0.05, 0.1) is 16.7 Å². The molecule has 8 heteroatoms. The zero-order chi connectivity index (χ0) is 19.4. The van der Waals surface area contributed by atoms with Gasteiger partial charge in [0, 0.05) is 19.6 Å². The molecule has 2 aromatic heterocycles. The number of aryl methyl sites for hydroxylation is 1. The van der Waals surface area contributed by atoms with Crippen LogP contribution < -0.4 is 5.56 Å². The van der Waals surface area contributed by atoms with E-state index in [1.54, 1.807) is 9.47 Å². The number of fused-ring (bicyclic) bond motifs is 3. The van der Waals surface area contributed by atoms with Crippen LogP contribution in [0.25, 0.3) is 16.7 Å². The SMILES string of the molecule is CCCCn1c(=O)c2ccccc2n2c(SCC(=O)N(CC)CC)nnc12. The molecule has 3 rings (SSSR count). The van der Waals surface area contributed by atoms with Crippen molar-refractivity contribution in [3.8, 4) is 0 Å². The largest absolute Gasteiger partial charge is 0.343 e. The van der Waals surface area contributed by atoms with Crippen LogP contribution in [-0.4, -0.2) is 48.8 Å². The minimum Gasteiger partial charge on any atom is -0.343 e. The van der Waals surface area contributed by atoms with Crippen LogP contribution in [0.15, 0.2) is 34.2 Å². The number of unbranched alkanes of at least 4 members (excludes halogenated alkanes) is 1. The first-order valence-electron chi connectivity index (χ1n) is 9.39. The van der Waals surface area contributed by atoms with Gasteiger partial charge in [-0.1, -0.05) is 37.2 Å². The Morgan fingerprint density at radius 3 is 2.59 bits per heavy atom. The standard InChI is InChI=1S/C19H25N5O2S/c1-4-7-12-23-17(26)14-10-8-9-11-15(14)24-18(23)20-21-19(24)27-13-16(25)22(5-2)6-3/h8-11H,4-7,12-13H2,1-3H3. The Morgan fingerprint density at radius 1 is 1.15 bits per heavy atom. The fourth-order valence-corrected chi connectivity index (χ4v) is 3.98. The van der Waals surface area contributed by atoms with Gasteiger partial charge in [0.1, 0.15) is 0 Å². The normalized spacial score (nSPS) is 11.4. The molecule has 0 aliphatic heterocycles. The molecule has 1 aromatic carbocycles. The average molecular weight is 388 g/mol. The van der Waals surface area contributed by atoms with Gasteiger partial charge in [0.2, 0.25) is 11.7 Å². The van der Waals surface area contributed by atoms with Crippen LogP contribution >= 0.6 is 11.8 Å². The van der Waals surface area contributed by atoms with E-state index in [2.05, 4.69) is 17.1 Å². The molecule has 0 N–H and O–H groups in total. The molecule has 0 bridgehead atoms. The van der Waals surface area contributed by atoms with E-state index in [-0.39, 0.29) is 11.5 Å². The summed E-state index contributed by atoms with van der Waals surface area (Å²) in [5.74, 6) is 0.903. The van der Waals surface area contributed by atoms with Crippen molar-refractivity contribution in [3.63, 3.8) is 0 Å². The third kappa shape index (κ3) is 3.71. The van der Waals surface area contributed by atoms with Crippen LogP contribution in [0.1, 0.15) is 33.6 Å². The van der Waals surface area contributed by atoms with Gasteiger partial charge in [-0.15, -0.1) is 10.2 Å². The minimum atomic E-state index is -0.0466. The van der Waals surface area contributed by atoms with E-state index in [1.165, 1.54) is 11.8 Å². The van der Waals surface area contributed by atoms with Crippen molar-refractivity contribution in [1.82, 2.24) is 24.1 Å². The quantitative estimate of drug-likeness (QED) is 0.556. The Kier molecular flexibility index (Phi) is 6.15. The number of rotatable bonds is 8. The summed E-state index contributed by atoms with van der Waals surface area (Å²) in [7, 11) is 0. The molecular weight excluding hydrogens is 362 g/mol. The zero-order valence-electron chi connectivity index (χ0n) is 16.0. The molecule has 0 fully saturated rings. The molecule has 0 radical (unpaired) electrons. The summed E-state index contributed by atoms with van der Waals surface area (Å²) in [5, 5.41) is 9.83. The highest BCUT2D eigenvalue weighted by atomic mass is 32.2. The number of carbonyl (C=O) groups excluding carboxylic acids is 1. The fourth-order valence-electron chi connectivity index (χ4n) is 3.14. The predicted octanol–water partition coefficient (Wildman–Crippen LogP) is 2.80. The second-order valence-corrected chi connectivity index (χ2v) is 7.24. The summed E-state index contributed by atoms with van der Waals surface area (Å²) in [4.78, 5) is 27.1.